The first kappa shape index (κ1) is 25.9. The van der Waals surface area contributed by atoms with Crippen LogP contribution in [0.2, 0.25) is 5.02 Å². The fraction of sp³-hybridized carbons (Fsp3) is 0.240. The first-order chi connectivity index (χ1) is 17.2. The van der Waals surface area contributed by atoms with Crippen molar-refractivity contribution in [3.05, 3.63) is 87.1 Å². The lowest BCUT2D eigenvalue weighted by molar-refractivity contribution is -0.132. The largest absolute Gasteiger partial charge is 0.336 e. The number of thiophene rings is 1. The van der Waals surface area contributed by atoms with Crippen molar-refractivity contribution in [1.82, 2.24) is 15.1 Å². The lowest BCUT2D eigenvalue weighted by Gasteiger charge is -2.36. The van der Waals surface area contributed by atoms with Crippen molar-refractivity contribution >= 4 is 50.5 Å². The number of benzene rings is 2. The Morgan fingerprint density at radius 1 is 0.917 bits per heavy atom. The molecule has 0 bridgehead atoms. The molecule has 3 amide bonds. The van der Waals surface area contributed by atoms with Crippen LogP contribution in [-0.4, -0.2) is 67.5 Å². The summed E-state index contributed by atoms with van der Waals surface area (Å²) in [5.41, 5.74) is 1.22. The molecule has 4 rings (SSSR count). The highest BCUT2D eigenvalue weighted by atomic mass is 35.5. The number of nitrogens with zero attached hydrogens (tertiary/aromatic N) is 2. The minimum Gasteiger partial charge on any atom is -0.336 e. The Bertz CT molecular complexity index is 1370. The Balaban J connectivity index is 1.54. The molecular formula is C25H24ClN3O5S2. The van der Waals surface area contributed by atoms with Crippen LogP contribution in [0.3, 0.4) is 0 Å². The van der Waals surface area contributed by atoms with Crippen molar-refractivity contribution in [1.29, 1.82) is 0 Å². The predicted molar refractivity (Wildman–Crippen MR) is 138 cm³/mol. The summed E-state index contributed by atoms with van der Waals surface area (Å²) >= 11 is 7.29. The number of piperazine rings is 1. The van der Waals surface area contributed by atoms with E-state index in [-0.39, 0.29) is 37.0 Å². The van der Waals surface area contributed by atoms with Crippen molar-refractivity contribution in [3.8, 4) is 0 Å². The van der Waals surface area contributed by atoms with Gasteiger partial charge in [0, 0.05) is 26.2 Å². The van der Waals surface area contributed by atoms with E-state index in [9.17, 15) is 22.8 Å². The highest BCUT2D eigenvalue weighted by molar-refractivity contribution is 7.92. The molecule has 36 heavy (non-hydrogen) atoms. The fourth-order valence-corrected chi connectivity index (χ4v) is 6.14. The van der Waals surface area contributed by atoms with Crippen LogP contribution < -0.4 is 5.32 Å². The van der Waals surface area contributed by atoms with Crippen LogP contribution in [0.4, 0.5) is 0 Å². The third-order valence-corrected chi connectivity index (χ3v) is 8.94. The molecule has 1 aliphatic heterocycles. The van der Waals surface area contributed by atoms with E-state index in [2.05, 4.69) is 5.32 Å². The summed E-state index contributed by atoms with van der Waals surface area (Å²) in [6.07, 6.45) is 0. The third-order valence-electron chi connectivity index (χ3n) is 5.87. The summed E-state index contributed by atoms with van der Waals surface area (Å²) in [6.45, 7) is 2.45. The molecule has 3 aromatic rings. The number of halogens is 1. The van der Waals surface area contributed by atoms with Gasteiger partial charge in [0.2, 0.25) is 15.2 Å². The molecular weight excluding hydrogens is 522 g/mol. The normalized spacial score (nSPS) is 14.8. The lowest BCUT2D eigenvalue weighted by Crippen LogP contribution is -2.57. The van der Waals surface area contributed by atoms with Gasteiger partial charge in [-0.2, -0.15) is 0 Å². The van der Waals surface area contributed by atoms with Crippen molar-refractivity contribution in [2.75, 3.05) is 26.2 Å². The second-order valence-electron chi connectivity index (χ2n) is 8.29. The smallest absolute Gasteiger partial charge is 0.262 e. The van der Waals surface area contributed by atoms with Crippen LogP contribution in [0.25, 0.3) is 0 Å². The zero-order valence-corrected chi connectivity index (χ0v) is 21.8. The molecule has 188 valence electrons. The first-order valence-corrected chi connectivity index (χ1v) is 14.0. The topological polar surface area (TPSA) is 104 Å². The first-order valence-electron chi connectivity index (χ1n) is 11.2. The lowest BCUT2D eigenvalue weighted by atomic mass is 10.2. The van der Waals surface area contributed by atoms with Gasteiger partial charge in [0.15, 0.2) is 0 Å². The molecule has 0 radical (unpaired) electrons. The molecule has 1 saturated heterocycles. The van der Waals surface area contributed by atoms with Crippen molar-refractivity contribution in [2.24, 2.45) is 0 Å². The SMILES string of the molecule is Cc1ccc(S(=O)(=O)[C@@H](NC(=O)c2cccs2)C(=O)N2CCN(C(=O)c3ccccc3Cl)CC2)cc1. The van der Waals surface area contributed by atoms with Gasteiger partial charge in [0.25, 0.3) is 17.7 Å². The molecule has 0 unspecified atom stereocenters. The van der Waals surface area contributed by atoms with E-state index in [0.29, 0.717) is 15.5 Å². The average Bonchev–Trinajstić information content (AvgIpc) is 3.42. The minimum absolute atomic E-state index is 0.0644. The van der Waals surface area contributed by atoms with Crippen LogP contribution in [-0.2, 0) is 14.6 Å². The minimum atomic E-state index is -4.25. The number of hydrogen-bond donors (Lipinski definition) is 1. The summed E-state index contributed by atoms with van der Waals surface area (Å²) in [7, 11) is -4.25. The standard InChI is InChI=1S/C25H24ClN3O5S2/c1-17-8-10-18(11-9-17)36(33,34)23(27-22(30)21-7-4-16-35-21)25(32)29-14-12-28(13-15-29)24(31)19-5-2-3-6-20(19)26/h2-11,16,23H,12-15H2,1H3,(H,27,30)/t23-/m1/s1. The van der Waals surface area contributed by atoms with Gasteiger partial charge in [-0.15, -0.1) is 11.3 Å². The zero-order chi connectivity index (χ0) is 25.9. The van der Waals surface area contributed by atoms with Crippen LogP contribution >= 0.6 is 22.9 Å². The Hall–Kier alpha value is -3.21. The molecule has 1 N–H and O–H groups in total. The Morgan fingerprint density at radius 3 is 2.17 bits per heavy atom. The Kier molecular flexibility index (Phi) is 7.77. The van der Waals surface area contributed by atoms with Gasteiger partial charge in [0.05, 0.1) is 20.4 Å². The molecule has 2 aromatic carbocycles. The maximum Gasteiger partial charge on any atom is 0.262 e. The van der Waals surface area contributed by atoms with E-state index in [4.69, 9.17) is 11.6 Å². The van der Waals surface area contributed by atoms with Gasteiger partial charge in [-0.1, -0.05) is 47.5 Å². The van der Waals surface area contributed by atoms with Crippen molar-refractivity contribution in [3.63, 3.8) is 0 Å². The van der Waals surface area contributed by atoms with Gasteiger partial charge in [0.1, 0.15) is 0 Å². The van der Waals surface area contributed by atoms with Crippen LogP contribution in [0.15, 0.2) is 70.9 Å². The monoisotopic (exact) mass is 545 g/mol. The van der Waals surface area contributed by atoms with Crippen LogP contribution in [0.5, 0.6) is 0 Å². The number of carbonyl (C=O) groups excluding carboxylic acids is 3. The molecule has 1 aromatic heterocycles. The second kappa shape index (κ2) is 10.8. The van der Waals surface area contributed by atoms with E-state index >= 15 is 0 Å². The Morgan fingerprint density at radius 2 is 1.56 bits per heavy atom. The molecule has 0 spiro atoms. The highest BCUT2D eigenvalue weighted by Crippen LogP contribution is 2.21. The summed E-state index contributed by atoms with van der Waals surface area (Å²) in [5.74, 6) is -1.65. The van der Waals surface area contributed by atoms with Gasteiger partial charge in [-0.05, 0) is 42.6 Å². The average molecular weight is 546 g/mol. The maximum atomic E-state index is 13.5. The molecule has 1 fully saturated rings. The number of rotatable bonds is 6. The molecule has 2 heterocycles. The second-order valence-corrected chi connectivity index (χ2v) is 11.7. The summed E-state index contributed by atoms with van der Waals surface area (Å²) < 4.78 is 27.0. The predicted octanol–water partition coefficient (Wildman–Crippen LogP) is 3.22. The number of carbonyl (C=O) groups is 3. The van der Waals surface area contributed by atoms with Gasteiger partial charge in [-0.3, -0.25) is 14.4 Å². The van der Waals surface area contributed by atoms with Crippen molar-refractivity contribution < 1.29 is 22.8 Å². The van der Waals surface area contributed by atoms with E-state index in [1.807, 2.05) is 6.92 Å². The van der Waals surface area contributed by atoms with Gasteiger partial charge >= 0.3 is 0 Å². The summed E-state index contributed by atoms with van der Waals surface area (Å²) in [6, 6.07) is 16.0. The highest BCUT2D eigenvalue weighted by Gasteiger charge is 2.39. The fourth-order valence-electron chi connectivity index (χ4n) is 3.83. The summed E-state index contributed by atoms with van der Waals surface area (Å²) in [4.78, 5) is 42.3. The Labute approximate surface area is 218 Å². The molecule has 1 aliphatic rings. The maximum absolute atomic E-state index is 13.5. The number of amides is 3. The van der Waals surface area contributed by atoms with Gasteiger partial charge < -0.3 is 15.1 Å². The molecule has 0 aliphatic carbocycles. The third kappa shape index (κ3) is 5.45. The molecule has 8 nitrogen and oxygen atoms in total. The van der Waals surface area contributed by atoms with Crippen LogP contribution in [0, 0.1) is 6.92 Å². The van der Waals surface area contributed by atoms with Crippen molar-refractivity contribution in [2.45, 2.75) is 17.2 Å². The van der Waals surface area contributed by atoms with Gasteiger partial charge in [-0.25, -0.2) is 8.42 Å². The van der Waals surface area contributed by atoms with E-state index in [0.717, 1.165) is 16.9 Å². The van der Waals surface area contributed by atoms with E-state index in [1.54, 1.807) is 58.8 Å². The van der Waals surface area contributed by atoms with E-state index in [1.165, 1.54) is 17.0 Å². The quantitative estimate of drug-likeness (QED) is 0.512. The molecule has 1 atom stereocenters. The van der Waals surface area contributed by atoms with E-state index < -0.39 is 27.0 Å². The van der Waals surface area contributed by atoms with Crippen LogP contribution in [0.1, 0.15) is 25.6 Å². The molecule has 0 saturated carbocycles. The zero-order valence-electron chi connectivity index (χ0n) is 19.4. The summed E-state index contributed by atoms with van der Waals surface area (Å²) in [5, 5.41) is 2.65. The number of sulfone groups is 1. The number of hydrogen-bond acceptors (Lipinski definition) is 6. The molecule has 11 heteroatoms. The number of nitrogens with one attached hydrogen (secondary N) is 1. The number of aryl methyl sites for hydroxylation is 1.